The predicted molar refractivity (Wildman–Crippen MR) is 82.3 cm³/mol. The number of aliphatic hydroxyl groups excluding tert-OH is 1. The molecule has 2 rings (SSSR count). The zero-order valence-corrected chi connectivity index (χ0v) is 13.9. The third-order valence-electron chi connectivity index (χ3n) is 4.37. The summed E-state index contributed by atoms with van der Waals surface area (Å²) < 4.78 is 5.36. The number of amides is 2. The van der Waals surface area contributed by atoms with Crippen molar-refractivity contribution in [3.05, 3.63) is 0 Å². The van der Waals surface area contributed by atoms with Gasteiger partial charge in [-0.3, -0.25) is 4.79 Å². The lowest BCUT2D eigenvalue weighted by molar-refractivity contribution is -0.136. The second-order valence-corrected chi connectivity index (χ2v) is 7.36. The first kappa shape index (κ1) is 17.1. The van der Waals surface area contributed by atoms with Crippen molar-refractivity contribution in [2.45, 2.75) is 45.6 Å². The van der Waals surface area contributed by atoms with Crippen LogP contribution < -0.4 is 0 Å². The van der Waals surface area contributed by atoms with Gasteiger partial charge in [0, 0.05) is 32.8 Å². The summed E-state index contributed by atoms with van der Waals surface area (Å²) in [6.45, 7) is 8.20. The number of nitrogens with zero attached hydrogens (tertiary/aromatic N) is 2. The monoisotopic (exact) mass is 312 g/mol. The molecule has 0 saturated carbocycles. The molecular formula is C16H28N2O4. The molecule has 2 amide bonds. The van der Waals surface area contributed by atoms with Crippen LogP contribution in [0.25, 0.3) is 0 Å². The van der Waals surface area contributed by atoms with Crippen LogP contribution >= 0.6 is 0 Å². The van der Waals surface area contributed by atoms with Crippen LogP contribution in [0, 0.1) is 11.8 Å². The maximum absolute atomic E-state index is 12.5. The normalized spacial score (nSPS) is 23.7. The molecule has 6 nitrogen and oxygen atoms in total. The van der Waals surface area contributed by atoms with Crippen molar-refractivity contribution in [1.82, 2.24) is 9.80 Å². The van der Waals surface area contributed by atoms with Crippen molar-refractivity contribution in [2.24, 2.45) is 11.8 Å². The molecule has 22 heavy (non-hydrogen) atoms. The summed E-state index contributed by atoms with van der Waals surface area (Å²) >= 11 is 0. The Morgan fingerprint density at radius 3 is 2.23 bits per heavy atom. The van der Waals surface area contributed by atoms with Gasteiger partial charge in [0.25, 0.3) is 0 Å². The molecule has 2 aliphatic rings. The van der Waals surface area contributed by atoms with E-state index in [1.807, 2.05) is 25.7 Å². The van der Waals surface area contributed by atoms with Crippen molar-refractivity contribution in [1.29, 1.82) is 0 Å². The zero-order chi connectivity index (χ0) is 16.3. The van der Waals surface area contributed by atoms with Gasteiger partial charge >= 0.3 is 6.09 Å². The minimum atomic E-state index is -0.509. The maximum atomic E-state index is 12.5. The van der Waals surface area contributed by atoms with E-state index in [-0.39, 0.29) is 24.5 Å². The van der Waals surface area contributed by atoms with Crippen LogP contribution in [0.15, 0.2) is 0 Å². The first-order valence-corrected chi connectivity index (χ1v) is 8.17. The molecule has 0 aromatic rings. The molecular weight excluding hydrogens is 284 g/mol. The average Bonchev–Trinajstić information content (AvgIpc) is 2.95. The Balaban J connectivity index is 1.82. The molecule has 0 aliphatic carbocycles. The standard InChI is InChI=1S/C16H28N2O4/c1-16(2,3)22-15(21)18-9-6-13(10-18)14(20)17-7-4-12(11-19)5-8-17/h12-13,19H,4-11H2,1-3H3. The van der Waals surface area contributed by atoms with Gasteiger partial charge in [-0.25, -0.2) is 4.79 Å². The number of aliphatic hydroxyl groups is 1. The highest BCUT2D eigenvalue weighted by Gasteiger charge is 2.36. The summed E-state index contributed by atoms with van der Waals surface area (Å²) in [6, 6.07) is 0. The van der Waals surface area contributed by atoms with Gasteiger partial charge in [0.15, 0.2) is 0 Å². The summed E-state index contributed by atoms with van der Waals surface area (Å²) in [5.74, 6) is 0.353. The third kappa shape index (κ3) is 4.35. The molecule has 2 aliphatic heterocycles. The fourth-order valence-corrected chi connectivity index (χ4v) is 3.05. The van der Waals surface area contributed by atoms with E-state index in [2.05, 4.69) is 0 Å². The summed E-state index contributed by atoms with van der Waals surface area (Å²) in [7, 11) is 0. The Bertz CT molecular complexity index is 411. The molecule has 126 valence electrons. The second-order valence-electron chi connectivity index (χ2n) is 7.36. The van der Waals surface area contributed by atoms with Crippen LogP contribution in [-0.4, -0.2) is 65.3 Å². The predicted octanol–water partition coefficient (Wildman–Crippen LogP) is 1.47. The van der Waals surface area contributed by atoms with Crippen LogP contribution in [0.2, 0.25) is 0 Å². The van der Waals surface area contributed by atoms with Gasteiger partial charge in [-0.2, -0.15) is 0 Å². The molecule has 2 saturated heterocycles. The third-order valence-corrected chi connectivity index (χ3v) is 4.37. The summed E-state index contributed by atoms with van der Waals surface area (Å²) in [5.41, 5.74) is -0.509. The van der Waals surface area contributed by atoms with Crippen molar-refractivity contribution in [2.75, 3.05) is 32.8 Å². The van der Waals surface area contributed by atoms with E-state index in [1.165, 1.54) is 0 Å². The largest absolute Gasteiger partial charge is 0.444 e. The number of hydrogen-bond donors (Lipinski definition) is 1. The Morgan fingerprint density at radius 2 is 1.68 bits per heavy atom. The minimum absolute atomic E-state index is 0.113. The molecule has 1 unspecified atom stereocenters. The molecule has 1 N–H and O–H groups in total. The van der Waals surface area contributed by atoms with Gasteiger partial charge in [0.1, 0.15) is 5.60 Å². The van der Waals surface area contributed by atoms with Gasteiger partial charge < -0.3 is 19.6 Å². The average molecular weight is 312 g/mol. The SMILES string of the molecule is CC(C)(C)OC(=O)N1CCC(C(=O)N2CCC(CO)CC2)C1. The molecule has 6 heteroatoms. The zero-order valence-electron chi connectivity index (χ0n) is 13.9. The van der Waals surface area contributed by atoms with Gasteiger partial charge in [-0.1, -0.05) is 0 Å². The van der Waals surface area contributed by atoms with E-state index in [1.54, 1.807) is 4.90 Å². The second kappa shape index (κ2) is 6.86. The highest BCUT2D eigenvalue weighted by atomic mass is 16.6. The van der Waals surface area contributed by atoms with E-state index in [0.717, 1.165) is 12.8 Å². The van der Waals surface area contributed by atoms with Crippen molar-refractivity contribution in [3.63, 3.8) is 0 Å². The van der Waals surface area contributed by atoms with Crippen molar-refractivity contribution < 1.29 is 19.4 Å². The minimum Gasteiger partial charge on any atom is -0.444 e. The Kier molecular flexibility index (Phi) is 5.32. The number of carbonyl (C=O) groups is 2. The summed E-state index contributed by atoms with van der Waals surface area (Å²) in [6.07, 6.45) is 2.11. The van der Waals surface area contributed by atoms with Crippen LogP contribution in [0.5, 0.6) is 0 Å². The number of ether oxygens (including phenoxy) is 1. The first-order valence-electron chi connectivity index (χ1n) is 8.17. The molecule has 2 fully saturated rings. The molecule has 0 aromatic heterocycles. The highest BCUT2D eigenvalue weighted by Crippen LogP contribution is 2.24. The summed E-state index contributed by atoms with van der Waals surface area (Å²) in [4.78, 5) is 28.1. The lowest BCUT2D eigenvalue weighted by atomic mass is 9.96. The number of hydrogen-bond acceptors (Lipinski definition) is 4. The first-order chi connectivity index (χ1) is 10.3. The number of rotatable bonds is 2. The Labute approximate surface area is 132 Å². The van der Waals surface area contributed by atoms with Gasteiger partial charge in [0.2, 0.25) is 5.91 Å². The van der Waals surface area contributed by atoms with Gasteiger partial charge in [-0.05, 0) is 46.0 Å². The quantitative estimate of drug-likeness (QED) is 0.838. The lowest BCUT2D eigenvalue weighted by Gasteiger charge is -2.32. The Morgan fingerprint density at radius 1 is 1.09 bits per heavy atom. The van der Waals surface area contributed by atoms with E-state index < -0.39 is 5.60 Å². The van der Waals surface area contributed by atoms with Gasteiger partial charge in [0.05, 0.1) is 5.92 Å². The topological polar surface area (TPSA) is 70.1 Å². The number of piperidine rings is 1. The number of likely N-dealkylation sites (tertiary alicyclic amines) is 2. The highest BCUT2D eigenvalue weighted by molar-refractivity contribution is 5.80. The molecule has 2 heterocycles. The maximum Gasteiger partial charge on any atom is 0.410 e. The fraction of sp³-hybridized carbons (Fsp3) is 0.875. The smallest absolute Gasteiger partial charge is 0.410 e. The van der Waals surface area contributed by atoms with Crippen molar-refractivity contribution in [3.8, 4) is 0 Å². The van der Waals surface area contributed by atoms with Crippen molar-refractivity contribution >= 4 is 12.0 Å². The van der Waals surface area contributed by atoms with Crippen LogP contribution in [0.3, 0.4) is 0 Å². The number of carbonyl (C=O) groups excluding carboxylic acids is 2. The molecule has 0 bridgehead atoms. The van der Waals surface area contributed by atoms with Crippen LogP contribution in [0.4, 0.5) is 4.79 Å². The van der Waals surface area contributed by atoms with E-state index >= 15 is 0 Å². The molecule has 0 radical (unpaired) electrons. The fourth-order valence-electron chi connectivity index (χ4n) is 3.05. The Hall–Kier alpha value is -1.30. The van der Waals surface area contributed by atoms with E-state index in [9.17, 15) is 9.59 Å². The van der Waals surface area contributed by atoms with E-state index in [4.69, 9.17) is 9.84 Å². The summed E-state index contributed by atoms with van der Waals surface area (Å²) in [5, 5.41) is 9.15. The lowest BCUT2D eigenvalue weighted by Crippen LogP contribution is -2.43. The molecule has 0 aromatic carbocycles. The molecule has 0 spiro atoms. The van der Waals surface area contributed by atoms with Crippen LogP contribution in [0.1, 0.15) is 40.0 Å². The van der Waals surface area contributed by atoms with E-state index in [0.29, 0.717) is 38.5 Å². The van der Waals surface area contributed by atoms with Gasteiger partial charge in [-0.15, -0.1) is 0 Å². The van der Waals surface area contributed by atoms with Crippen LogP contribution in [-0.2, 0) is 9.53 Å². The molecule has 1 atom stereocenters.